The van der Waals surface area contributed by atoms with Gasteiger partial charge in [-0.1, -0.05) is 6.07 Å². The summed E-state index contributed by atoms with van der Waals surface area (Å²) in [6.07, 6.45) is 0. The molecule has 1 atom stereocenters. The molecule has 0 radical (unpaired) electrons. The van der Waals surface area contributed by atoms with Crippen molar-refractivity contribution in [3.8, 4) is 0 Å². The van der Waals surface area contributed by atoms with Crippen molar-refractivity contribution in [2.24, 2.45) is 0 Å². The molecule has 1 heterocycles. The maximum atomic E-state index is 11.4. The topological polar surface area (TPSA) is 75.5 Å². The van der Waals surface area contributed by atoms with E-state index in [9.17, 15) is 14.9 Å². The van der Waals surface area contributed by atoms with Crippen LogP contribution in [0.1, 0.15) is 28.2 Å². The number of likely N-dealkylation sites (N-methyl/N-ethyl adjacent to an activating group) is 1. The molecular formula is C16H19N3O3S. The first-order valence-corrected chi connectivity index (χ1v) is 8.01. The highest BCUT2D eigenvalue weighted by Gasteiger charge is 2.19. The van der Waals surface area contributed by atoms with E-state index in [0.717, 1.165) is 0 Å². The van der Waals surface area contributed by atoms with Crippen molar-refractivity contribution in [3.05, 3.63) is 56.3 Å². The Bertz CT molecular complexity index is 699. The van der Waals surface area contributed by atoms with Crippen molar-refractivity contribution in [1.29, 1.82) is 0 Å². The van der Waals surface area contributed by atoms with Crippen LogP contribution < -0.4 is 5.32 Å². The first-order chi connectivity index (χ1) is 10.9. The number of carbonyl (C=O) groups is 1. The fraction of sp³-hybridized carbons (Fsp3) is 0.312. The van der Waals surface area contributed by atoms with Crippen molar-refractivity contribution in [1.82, 2.24) is 4.90 Å². The zero-order valence-corrected chi connectivity index (χ0v) is 14.1. The summed E-state index contributed by atoms with van der Waals surface area (Å²) in [5.74, 6) is -0.190. The minimum Gasteiger partial charge on any atom is -0.378 e. The lowest BCUT2D eigenvalue weighted by molar-refractivity contribution is -0.384. The molecule has 0 unspecified atom stereocenters. The molecule has 0 aliphatic heterocycles. The number of rotatable bonds is 7. The number of anilines is 1. The minimum atomic E-state index is -0.468. The molecule has 7 heteroatoms. The van der Waals surface area contributed by atoms with Crippen LogP contribution in [0.2, 0.25) is 0 Å². The summed E-state index contributed by atoms with van der Waals surface area (Å²) in [7, 11) is 3.94. The lowest BCUT2D eigenvalue weighted by atomic mass is 10.1. The van der Waals surface area contributed by atoms with Gasteiger partial charge in [0.25, 0.3) is 5.69 Å². The van der Waals surface area contributed by atoms with Crippen LogP contribution in [-0.2, 0) is 0 Å². The normalized spacial score (nSPS) is 12.2. The van der Waals surface area contributed by atoms with Crippen LogP contribution in [0, 0.1) is 10.1 Å². The van der Waals surface area contributed by atoms with E-state index in [4.69, 9.17) is 0 Å². The zero-order chi connectivity index (χ0) is 17.0. The number of Topliss-reactive ketones (excluding diaryl/α,β-unsaturated/α-hetero) is 1. The molecule has 0 aliphatic carbocycles. The zero-order valence-electron chi connectivity index (χ0n) is 13.3. The lowest BCUT2D eigenvalue weighted by Gasteiger charge is -2.24. The summed E-state index contributed by atoms with van der Waals surface area (Å²) in [4.78, 5) is 25.4. The van der Waals surface area contributed by atoms with Gasteiger partial charge in [-0.05, 0) is 44.6 Å². The fourth-order valence-electron chi connectivity index (χ4n) is 2.28. The smallest absolute Gasteiger partial charge is 0.293 e. The van der Waals surface area contributed by atoms with Crippen molar-refractivity contribution < 1.29 is 9.72 Å². The number of ketones is 1. The lowest BCUT2D eigenvalue weighted by Crippen LogP contribution is -2.26. The molecule has 0 aliphatic rings. The molecular weight excluding hydrogens is 314 g/mol. The predicted octanol–water partition coefficient (Wildman–Crippen LogP) is 3.57. The number of carbonyl (C=O) groups excluding carboxylic acids is 1. The molecule has 0 fully saturated rings. The SMILES string of the molecule is CC(=O)c1ccc(NC[C@H](c2cccs2)N(C)C)c([N+](=O)[O-])c1. The van der Waals surface area contributed by atoms with Crippen molar-refractivity contribution in [3.63, 3.8) is 0 Å². The molecule has 0 spiro atoms. The summed E-state index contributed by atoms with van der Waals surface area (Å²) in [6.45, 7) is 1.93. The number of hydrogen-bond acceptors (Lipinski definition) is 6. The number of nitrogens with zero attached hydrogens (tertiary/aromatic N) is 2. The number of thiophene rings is 1. The number of hydrogen-bond donors (Lipinski definition) is 1. The van der Waals surface area contributed by atoms with Gasteiger partial charge in [-0.2, -0.15) is 0 Å². The predicted molar refractivity (Wildman–Crippen MR) is 92.3 cm³/mol. The second-order valence-corrected chi connectivity index (χ2v) is 6.40. The summed E-state index contributed by atoms with van der Waals surface area (Å²) in [5.41, 5.74) is 0.675. The molecule has 2 rings (SSSR count). The second-order valence-electron chi connectivity index (χ2n) is 5.42. The van der Waals surface area contributed by atoms with Gasteiger partial charge in [0.2, 0.25) is 0 Å². The minimum absolute atomic E-state index is 0.0821. The third-order valence-electron chi connectivity index (χ3n) is 3.58. The summed E-state index contributed by atoms with van der Waals surface area (Å²) >= 11 is 1.65. The maximum Gasteiger partial charge on any atom is 0.293 e. The number of nitrogens with one attached hydrogen (secondary N) is 1. The molecule has 1 N–H and O–H groups in total. The highest BCUT2D eigenvalue weighted by Crippen LogP contribution is 2.28. The van der Waals surface area contributed by atoms with Gasteiger partial charge in [-0.15, -0.1) is 11.3 Å². The summed E-state index contributed by atoms with van der Waals surface area (Å²) < 4.78 is 0. The van der Waals surface area contributed by atoms with Crippen LogP contribution in [0.15, 0.2) is 35.7 Å². The van der Waals surface area contributed by atoms with E-state index in [0.29, 0.717) is 17.8 Å². The Morgan fingerprint density at radius 2 is 2.13 bits per heavy atom. The third-order valence-corrected chi connectivity index (χ3v) is 4.56. The Balaban J connectivity index is 2.22. The van der Waals surface area contributed by atoms with Crippen molar-refractivity contribution in [2.45, 2.75) is 13.0 Å². The third kappa shape index (κ3) is 4.14. The van der Waals surface area contributed by atoms with E-state index >= 15 is 0 Å². The monoisotopic (exact) mass is 333 g/mol. The first-order valence-electron chi connectivity index (χ1n) is 7.13. The Morgan fingerprint density at radius 1 is 1.39 bits per heavy atom. The van der Waals surface area contributed by atoms with Crippen LogP contribution in [-0.4, -0.2) is 36.2 Å². The van der Waals surface area contributed by atoms with Crippen LogP contribution in [0.25, 0.3) is 0 Å². The fourth-order valence-corrected chi connectivity index (χ4v) is 3.20. The Labute approximate surface area is 138 Å². The quantitative estimate of drug-likeness (QED) is 0.476. The van der Waals surface area contributed by atoms with Crippen LogP contribution in [0.5, 0.6) is 0 Å². The average Bonchev–Trinajstić information content (AvgIpc) is 3.00. The molecule has 1 aromatic heterocycles. The molecule has 0 saturated carbocycles. The second kappa shape index (κ2) is 7.34. The molecule has 122 valence electrons. The van der Waals surface area contributed by atoms with E-state index < -0.39 is 4.92 Å². The molecule has 6 nitrogen and oxygen atoms in total. The van der Waals surface area contributed by atoms with Gasteiger partial charge in [-0.3, -0.25) is 14.9 Å². The highest BCUT2D eigenvalue weighted by molar-refractivity contribution is 7.10. The van der Waals surface area contributed by atoms with E-state index in [1.807, 2.05) is 31.6 Å². The van der Waals surface area contributed by atoms with Gasteiger partial charge in [0, 0.05) is 23.1 Å². The largest absolute Gasteiger partial charge is 0.378 e. The Morgan fingerprint density at radius 3 is 2.65 bits per heavy atom. The molecule has 0 amide bonds. The van der Waals surface area contributed by atoms with Crippen molar-refractivity contribution >= 4 is 28.5 Å². The average molecular weight is 333 g/mol. The van der Waals surface area contributed by atoms with Gasteiger partial charge < -0.3 is 10.2 Å². The standard InChI is InChI=1S/C16H19N3O3S/c1-11(20)12-6-7-13(14(9-12)19(21)22)17-10-15(18(2)3)16-5-4-8-23-16/h4-9,15,17H,10H2,1-3H3/t15-/m1/s1. The van der Waals surface area contributed by atoms with E-state index in [1.54, 1.807) is 23.5 Å². The van der Waals surface area contributed by atoms with Gasteiger partial charge in [0.15, 0.2) is 5.78 Å². The maximum absolute atomic E-state index is 11.4. The number of benzene rings is 1. The summed E-state index contributed by atoms with van der Waals surface area (Å²) in [6, 6.07) is 8.66. The van der Waals surface area contributed by atoms with Gasteiger partial charge in [-0.25, -0.2) is 0 Å². The molecule has 2 aromatic rings. The number of nitro benzene ring substituents is 1. The molecule has 23 heavy (non-hydrogen) atoms. The van der Waals surface area contributed by atoms with Gasteiger partial charge >= 0.3 is 0 Å². The van der Waals surface area contributed by atoms with Gasteiger partial charge in [0.05, 0.1) is 11.0 Å². The first kappa shape index (κ1) is 17.1. The van der Waals surface area contributed by atoms with Crippen LogP contribution >= 0.6 is 11.3 Å². The van der Waals surface area contributed by atoms with Crippen LogP contribution in [0.3, 0.4) is 0 Å². The molecule has 0 bridgehead atoms. The Kier molecular flexibility index (Phi) is 5.46. The van der Waals surface area contributed by atoms with Crippen molar-refractivity contribution in [2.75, 3.05) is 26.0 Å². The Hall–Kier alpha value is -2.25. The number of nitro groups is 1. The van der Waals surface area contributed by atoms with Gasteiger partial charge in [0.1, 0.15) is 5.69 Å². The van der Waals surface area contributed by atoms with E-state index in [2.05, 4.69) is 10.2 Å². The summed E-state index contributed by atoms with van der Waals surface area (Å²) in [5, 5.41) is 16.4. The van der Waals surface area contributed by atoms with E-state index in [1.165, 1.54) is 17.9 Å². The van der Waals surface area contributed by atoms with Crippen LogP contribution in [0.4, 0.5) is 11.4 Å². The highest BCUT2D eigenvalue weighted by atomic mass is 32.1. The van der Waals surface area contributed by atoms with E-state index in [-0.39, 0.29) is 17.5 Å². The molecule has 1 aromatic carbocycles. The molecule has 0 saturated heterocycles.